The molecule has 0 aliphatic carbocycles. The van der Waals surface area contributed by atoms with Crippen molar-refractivity contribution in [2.75, 3.05) is 0 Å². The van der Waals surface area contributed by atoms with Crippen LogP contribution in [0.15, 0.2) is 119 Å². The number of ether oxygens (including phenoxy) is 2. The Morgan fingerprint density at radius 3 is 1.36 bits per heavy atom. The first kappa shape index (κ1) is 28.0. The lowest BCUT2D eigenvalue weighted by Crippen LogP contribution is -2.33. The number of hydrogen-bond donors (Lipinski definition) is 2. The van der Waals surface area contributed by atoms with Gasteiger partial charge in [-0.25, -0.2) is 10.9 Å². The number of rotatable bonds is 10. The van der Waals surface area contributed by atoms with Gasteiger partial charge < -0.3 is 9.47 Å². The normalized spacial score (nSPS) is 12.8. The third-order valence-electron chi connectivity index (χ3n) is 6.52. The number of amides is 2. The van der Waals surface area contributed by atoms with Crippen LogP contribution in [0.25, 0.3) is 21.5 Å². The smallest absolute Gasteiger partial charge is 0.280 e. The summed E-state index contributed by atoms with van der Waals surface area (Å²) in [5.74, 6) is 0.497. The highest BCUT2D eigenvalue weighted by Crippen LogP contribution is 2.22. The Hall–Kier alpha value is -5.50. The Morgan fingerprint density at radius 2 is 0.952 bits per heavy atom. The molecular formula is C34H30N4O4. The minimum Gasteiger partial charge on any atom is -0.481 e. The van der Waals surface area contributed by atoms with Crippen molar-refractivity contribution >= 4 is 45.8 Å². The van der Waals surface area contributed by atoms with Gasteiger partial charge in [-0.1, -0.05) is 84.9 Å². The quantitative estimate of drug-likeness (QED) is 0.166. The maximum Gasteiger partial charge on any atom is 0.280 e. The second-order valence-corrected chi connectivity index (χ2v) is 9.67. The fourth-order valence-corrected chi connectivity index (χ4v) is 4.19. The number of carbonyl (C=O) groups is 2. The molecule has 5 aromatic carbocycles. The average molecular weight is 559 g/mol. The molecule has 0 saturated heterocycles. The van der Waals surface area contributed by atoms with Crippen LogP contribution in [-0.4, -0.2) is 36.5 Å². The first-order chi connectivity index (χ1) is 20.4. The molecule has 8 nitrogen and oxygen atoms in total. The zero-order chi connectivity index (χ0) is 29.3. The van der Waals surface area contributed by atoms with E-state index in [2.05, 4.69) is 21.1 Å². The summed E-state index contributed by atoms with van der Waals surface area (Å²) in [6.45, 7) is 3.34. The van der Waals surface area contributed by atoms with E-state index in [1.807, 2.05) is 109 Å². The third kappa shape index (κ3) is 7.37. The minimum atomic E-state index is -0.724. The van der Waals surface area contributed by atoms with Crippen molar-refractivity contribution in [2.24, 2.45) is 10.2 Å². The van der Waals surface area contributed by atoms with E-state index in [1.54, 1.807) is 13.8 Å². The van der Waals surface area contributed by atoms with Crippen LogP contribution in [0.1, 0.15) is 25.0 Å². The van der Waals surface area contributed by atoms with E-state index in [-0.39, 0.29) is 11.8 Å². The van der Waals surface area contributed by atoms with Crippen molar-refractivity contribution in [1.29, 1.82) is 0 Å². The summed E-state index contributed by atoms with van der Waals surface area (Å²) >= 11 is 0. The summed E-state index contributed by atoms with van der Waals surface area (Å²) in [5.41, 5.74) is 6.56. The molecule has 42 heavy (non-hydrogen) atoms. The highest BCUT2D eigenvalue weighted by atomic mass is 16.5. The molecule has 8 heteroatoms. The molecule has 2 amide bonds. The maximum absolute atomic E-state index is 12.4. The number of hydrogen-bond acceptors (Lipinski definition) is 6. The van der Waals surface area contributed by atoms with Crippen LogP contribution in [-0.2, 0) is 9.59 Å². The highest BCUT2D eigenvalue weighted by molar-refractivity contribution is 5.88. The third-order valence-corrected chi connectivity index (χ3v) is 6.52. The summed E-state index contributed by atoms with van der Waals surface area (Å²) in [7, 11) is 0. The lowest BCUT2D eigenvalue weighted by atomic mass is 10.1. The van der Waals surface area contributed by atoms with Gasteiger partial charge in [0, 0.05) is 0 Å². The van der Waals surface area contributed by atoms with Crippen molar-refractivity contribution in [3.05, 3.63) is 120 Å². The number of hydrazone groups is 2. The molecule has 0 heterocycles. The van der Waals surface area contributed by atoms with Gasteiger partial charge in [-0.2, -0.15) is 10.2 Å². The Balaban J connectivity index is 1.06. The second-order valence-electron chi connectivity index (χ2n) is 9.67. The van der Waals surface area contributed by atoms with Crippen LogP contribution in [0.3, 0.4) is 0 Å². The van der Waals surface area contributed by atoms with Crippen molar-refractivity contribution in [2.45, 2.75) is 26.1 Å². The Bertz CT molecular complexity index is 1640. The van der Waals surface area contributed by atoms with Crippen molar-refractivity contribution in [3.8, 4) is 11.5 Å². The van der Waals surface area contributed by atoms with Crippen molar-refractivity contribution in [3.63, 3.8) is 0 Å². The molecule has 0 aromatic heterocycles. The van der Waals surface area contributed by atoms with E-state index in [4.69, 9.17) is 9.47 Å². The van der Waals surface area contributed by atoms with Crippen LogP contribution in [0.4, 0.5) is 0 Å². The van der Waals surface area contributed by atoms with Gasteiger partial charge in [-0.15, -0.1) is 0 Å². The Morgan fingerprint density at radius 1 is 0.571 bits per heavy atom. The number of benzene rings is 5. The molecule has 2 unspecified atom stereocenters. The molecule has 0 fully saturated rings. The molecule has 0 aliphatic heterocycles. The van der Waals surface area contributed by atoms with Gasteiger partial charge in [0.15, 0.2) is 12.2 Å². The van der Waals surface area contributed by atoms with Gasteiger partial charge in [0.1, 0.15) is 11.5 Å². The predicted octanol–water partition coefficient (Wildman–Crippen LogP) is 5.83. The monoisotopic (exact) mass is 558 g/mol. The summed E-state index contributed by atoms with van der Waals surface area (Å²) in [6.07, 6.45) is 1.63. The van der Waals surface area contributed by atoms with E-state index in [9.17, 15) is 9.59 Å². The molecule has 5 aromatic rings. The predicted molar refractivity (Wildman–Crippen MR) is 166 cm³/mol. The lowest BCUT2D eigenvalue weighted by molar-refractivity contribution is -0.127. The van der Waals surface area contributed by atoms with Crippen LogP contribution in [0.5, 0.6) is 11.5 Å². The Labute approximate surface area is 243 Å². The zero-order valence-electron chi connectivity index (χ0n) is 23.2. The molecule has 0 saturated carbocycles. The van der Waals surface area contributed by atoms with Gasteiger partial charge in [-0.3, -0.25) is 9.59 Å². The zero-order valence-corrected chi connectivity index (χ0v) is 23.2. The second kappa shape index (κ2) is 13.2. The largest absolute Gasteiger partial charge is 0.481 e. The number of nitrogens with zero attached hydrogens (tertiary/aromatic N) is 2. The number of fused-ring (bicyclic) bond motifs is 2. The SMILES string of the molecule is CC(Oc1ccc2ccccc2c1)C(=O)NN=Cc1ccc(C=NNC(=O)C(C)Oc2ccc3ccccc3c2)cc1. The molecule has 5 rings (SSSR count). The fraction of sp³-hybridized carbons (Fsp3) is 0.118. The van der Waals surface area contributed by atoms with Gasteiger partial charge in [0.05, 0.1) is 12.4 Å². The van der Waals surface area contributed by atoms with Crippen molar-refractivity contribution < 1.29 is 19.1 Å². The Kier molecular flexibility index (Phi) is 8.84. The molecule has 2 atom stereocenters. The standard InChI is InChI=1S/C34H30N4O4/c1-23(41-31-17-15-27-7-3-5-9-29(27)19-31)33(39)37-35-21-25-11-13-26(14-12-25)22-36-38-34(40)24(2)42-32-18-16-28-8-4-6-10-30(28)20-32/h3-24H,1-2H3,(H,37,39)(H,38,40). The average Bonchev–Trinajstić information content (AvgIpc) is 3.01. The fourth-order valence-electron chi connectivity index (χ4n) is 4.19. The summed E-state index contributed by atoms with van der Waals surface area (Å²) in [6, 6.07) is 34.6. The minimum absolute atomic E-state index is 0.363. The van der Waals surface area contributed by atoms with Crippen LogP contribution in [0, 0.1) is 0 Å². The number of nitrogens with one attached hydrogen (secondary N) is 2. The van der Waals surface area contributed by atoms with E-state index in [1.165, 1.54) is 12.4 Å². The molecule has 0 spiro atoms. The number of carbonyl (C=O) groups excluding carboxylic acids is 2. The molecule has 2 N–H and O–H groups in total. The summed E-state index contributed by atoms with van der Waals surface area (Å²) in [4.78, 5) is 24.8. The van der Waals surface area contributed by atoms with Crippen LogP contribution < -0.4 is 20.3 Å². The topological polar surface area (TPSA) is 101 Å². The van der Waals surface area contributed by atoms with E-state index in [0.29, 0.717) is 11.5 Å². The van der Waals surface area contributed by atoms with Crippen molar-refractivity contribution in [1.82, 2.24) is 10.9 Å². The van der Waals surface area contributed by atoms with Gasteiger partial charge in [-0.05, 0) is 70.8 Å². The summed E-state index contributed by atoms with van der Waals surface area (Å²) < 4.78 is 11.6. The van der Waals surface area contributed by atoms with Gasteiger partial charge in [0.25, 0.3) is 11.8 Å². The first-order valence-corrected chi connectivity index (χ1v) is 13.5. The van der Waals surface area contributed by atoms with E-state index >= 15 is 0 Å². The lowest BCUT2D eigenvalue weighted by Gasteiger charge is -2.13. The van der Waals surface area contributed by atoms with E-state index < -0.39 is 12.2 Å². The van der Waals surface area contributed by atoms with Crippen LogP contribution in [0.2, 0.25) is 0 Å². The van der Waals surface area contributed by atoms with E-state index in [0.717, 1.165) is 32.7 Å². The molecule has 0 bridgehead atoms. The maximum atomic E-state index is 12.4. The summed E-state index contributed by atoms with van der Waals surface area (Å²) in [5, 5.41) is 12.3. The molecule has 0 aliphatic rings. The molecule has 210 valence electrons. The van der Waals surface area contributed by atoms with Gasteiger partial charge >= 0.3 is 0 Å². The highest BCUT2D eigenvalue weighted by Gasteiger charge is 2.15. The van der Waals surface area contributed by atoms with Crippen LogP contribution >= 0.6 is 0 Å². The first-order valence-electron chi connectivity index (χ1n) is 13.5. The molecule has 0 radical (unpaired) electrons. The van der Waals surface area contributed by atoms with Gasteiger partial charge in [0.2, 0.25) is 0 Å². The molecular weight excluding hydrogens is 528 g/mol.